The zero-order chi connectivity index (χ0) is 11.6. The van der Waals surface area contributed by atoms with Gasteiger partial charge in [0.2, 0.25) is 0 Å². The molecule has 82 valence electrons. The Morgan fingerprint density at radius 2 is 2.07 bits per heavy atom. The average Bonchev–Trinajstić information content (AvgIpc) is 2.18. The van der Waals surface area contributed by atoms with Crippen LogP contribution in [0.3, 0.4) is 0 Å². The number of benzene rings is 1. The van der Waals surface area contributed by atoms with Crippen LogP contribution < -0.4 is 4.74 Å². The molecule has 0 aliphatic rings. The molecule has 4 nitrogen and oxygen atoms in total. The normalized spacial score (nSPS) is 10.1. The quantitative estimate of drug-likeness (QED) is 0.796. The lowest BCUT2D eigenvalue weighted by Gasteiger charge is -2.12. The molecule has 0 heterocycles. The lowest BCUT2D eigenvalue weighted by Crippen LogP contribution is -2.04. The number of aromatic hydroxyl groups is 1. The number of carboxylic acids is 1. The number of rotatable bonds is 3. The van der Waals surface area contributed by atoms with Gasteiger partial charge >= 0.3 is 5.97 Å². The summed E-state index contributed by atoms with van der Waals surface area (Å²) in [6.45, 7) is 3.44. The molecule has 0 spiro atoms. The molecule has 1 rings (SSSR count). The predicted octanol–water partition coefficient (Wildman–Crippen LogP) is 1.64. The van der Waals surface area contributed by atoms with Gasteiger partial charge in [-0.2, -0.15) is 0 Å². The van der Waals surface area contributed by atoms with Gasteiger partial charge in [0.25, 0.3) is 0 Å². The first kappa shape index (κ1) is 11.4. The zero-order valence-electron chi connectivity index (χ0n) is 9.00. The van der Waals surface area contributed by atoms with Gasteiger partial charge in [0, 0.05) is 11.1 Å². The highest BCUT2D eigenvalue weighted by Crippen LogP contribution is 2.33. The van der Waals surface area contributed by atoms with E-state index in [1.165, 1.54) is 7.11 Å². The van der Waals surface area contributed by atoms with Crippen molar-refractivity contribution in [3.8, 4) is 11.5 Å². The van der Waals surface area contributed by atoms with Crippen LogP contribution in [0.1, 0.15) is 16.7 Å². The maximum absolute atomic E-state index is 10.6. The van der Waals surface area contributed by atoms with Gasteiger partial charge in [0.1, 0.15) is 11.5 Å². The van der Waals surface area contributed by atoms with E-state index in [2.05, 4.69) is 0 Å². The van der Waals surface area contributed by atoms with Crippen LogP contribution in [0.4, 0.5) is 0 Å². The van der Waals surface area contributed by atoms with E-state index >= 15 is 0 Å². The maximum Gasteiger partial charge on any atom is 0.307 e. The van der Waals surface area contributed by atoms with E-state index < -0.39 is 5.97 Å². The largest absolute Gasteiger partial charge is 0.507 e. The number of phenolic OH excluding ortho intramolecular Hbond substituents is 1. The number of hydrogen-bond acceptors (Lipinski definition) is 3. The molecule has 0 bridgehead atoms. The smallest absolute Gasteiger partial charge is 0.307 e. The number of phenols is 1. The van der Waals surface area contributed by atoms with Gasteiger partial charge in [-0.1, -0.05) is 0 Å². The Balaban J connectivity index is 3.29. The topological polar surface area (TPSA) is 66.8 Å². The summed E-state index contributed by atoms with van der Waals surface area (Å²) < 4.78 is 5.06. The van der Waals surface area contributed by atoms with Crippen molar-refractivity contribution in [2.75, 3.05) is 7.11 Å². The Hall–Kier alpha value is -1.71. The first-order valence-corrected chi connectivity index (χ1v) is 4.55. The molecule has 0 saturated carbocycles. The van der Waals surface area contributed by atoms with Crippen LogP contribution in [0.2, 0.25) is 0 Å². The molecule has 0 saturated heterocycles. The van der Waals surface area contributed by atoms with Crippen LogP contribution in [-0.4, -0.2) is 23.3 Å². The summed E-state index contributed by atoms with van der Waals surface area (Å²) >= 11 is 0. The summed E-state index contributed by atoms with van der Waals surface area (Å²) in [4.78, 5) is 10.6. The van der Waals surface area contributed by atoms with E-state index in [-0.39, 0.29) is 12.2 Å². The van der Waals surface area contributed by atoms with Crippen molar-refractivity contribution in [2.45, 2.75) is 20.3 Å². The predicted molar refractivity (Wildman–Crippen MR) is 55.5 cm³/mol. The van der Waals surface area contributed by atoms with Crippen molar-refractivity contribution in [3.63, 3.8) is 0 Å². The van der Waals surface area contributed by atoms with Crippen molar-refractivity contribution >= 4 is 5.97 Å². The molecule has 0 atom stereocenters. The standard InChI is InChI=1S/C11H14O4/c1-6-4-9(15-3)7(2)11(14)8(6)5-10(12)13/h4,14H,5H2,1-3H3,(H,12,13). The van der Waals surface area contributed by atoms with Gasteiger partial charge in [0.05, 0.1) is 13.5 Å². The van der Waals surface area contributed by atoms with Gasteiger partial charge in [-0.3, -0.25) is 4.79 Å². The summed E-state index contributed by atoms with van der Waals surface area (Å²) in [5, 5.41) is 18.5. The highest BCUT2D eigenvalue weighted by molar-refractivity contribution is 5.73. The highest BCUT2D eigenvalue weighted by atomic mass is 16.5. The van der Waals surface area contributed by atoms with Crippen LogP contribution in [0.5, 0.6) is 11.5 Å². The Morgan fingerprint density at radius 3 is 2.53 bits per heavy atom. The van der Waals surface area contributed by atoms with Crippen molar-refractivity contribution < 1.29 is 19.7 Å². The molecule has 0 aliphatic carbocycles. The van der Waals surface area contributed by atoms with Crippen LogP contribution >= 0.6 is 0 Å². The molecule has 1 aromatic rings. The molecule has 0 unspecified atom stereocenters. The van der Waals surface area contributed by atoms with Gasteiger partial charge < -0.3 is 14.9 Å². The third-order valence-electron chi connectivity index (χ3n) is 2.38. The van der Waals surface area contributed by atoms with Crippen LogP contribution in [0, 0.1) is 13.8 Å². The van der Waals surface area contributed by atoms with E-state index in [4.69, 9.17) is 9.84 Å². The monoisotopic (exact) mass is 210 g/mol. The molecule has 2 N–H and O–H groups in total. The van der Waals surface area contributed by atoms with Crippen molar-refractivity contribution in [3.05, 3.63) is 22.8 Å². The van der Waals surface area contributed by atoms with Gasteiger partial charge in [0.15, 0.2) is 0 Å². The first-order chi connectivity index (χ1) is 6.97. The summed E-state index contributed by atoms with van der Waals surface area (Å²) in [7, 11) is 1.51. The van der Waals surface area contributed by atoms with E-state index in [1.54, 1.807) is 19.9 Å². The molecule has 0 aromatic heterocycles. The summed E-state index contributed by atoms with van der Waals surface area (Å²) in [5.74, 6) is -0.383. The molecule has 0 aliphatic heterocycles. The maximum atomic E-state index is 10.6. The minimum atomic E-state index is -0.960. The Labute approximate surface area is 88.1 Å². The lowest BCUT2D eigenvalue weighted by molar-refractivity contribution is -0.136. The van der Waals surface area contributed by atoms with Crippen molar-refractivity contribution in [2.24, 2.45) is 0 Å². The van der Waals surface area contributed by atoms with Crippen molar-refractivity contribution in [1.82, 2.24) is 0 Å². The second kappa shape index (κ2) is 4.21. The van der Waals surface area contributed by atoms with E-state index in [0.717, 1.165) is 5.56 Å². The van der Waals surface area contributed by atoms with E-state index in [1.807, 2.05) is 0 Å². The second-order valence-electron chi connectivity index (χ2n) is 3.42. The minimum Gasteiger partial charge on any atom is -0.507 e. The lowest BCUT2D eigenvalue weighted by atomic mass is 10.0. The molecular formula is C11H14O4. The zero-order valence-corrected chi connectivity index (χ0v) is 9.00. The third kappa shape index (κ3) is 2.21. The molecule has 0 radical (unpaired) electrons. The fourth-order valence-electron chi connectivity index (χ4n) is 1.51. The fraction of sp³-hybridized carbons (Fsp3) is 0.364. The number of carboxylic acid groups (broad SMARTS) is 1. The number of hydrogen-bond donors (Lipinski definition) is 2. The minimum absolute atomic E-state index is 0.00856. The van der Waals surface area contributed by atoms with Gasteiger partial charge in [-0.05, 0) is 25.5 Å². The molecule has 1 aromatic carbocycles. The molecule has 15 heavy (non-hydrogen) atoms. The Morgan fingerprint density at radius 1 is 1.47 bits per heavy atom. The molecular weight excluding hydrogens is 196 g/mol. The third-order valence-corrected chi connectivity index (χ3v) is 2.38. The number of methoxy groups -OCH3 is 1. The number of carbonyl (C=O) groups is 1. The SMILES string of the molecule is COc1cc(C)c(CC(=O)O)c(O)c1C. The van der Waals surface area contributed by atoms with Crippen molar-refractivity contribution in [1.29, 1.82) is 0 Å². The van der Waals surface area contributed by atoms with Crippen LogP contribution in [0.15, 0.2) is 6.07 Å². The Bertz CT molecular complexity index is 396. The number of aliphatic carboxylic acids is 1. The molecule has 0 fully saturated rings. The average molecular weight is 210 g/mol. The van der Waals surface area contributed by atoms with Crippen LogP contribution in [0.25, 0.3) is 0 Å². The van der Waals surface area contributed by atoms with Gasteiger partial charge in [-0.15, -0.1) is 0 Å². The molecule has 0 amide bonds. The summed E-state index contributed by atoms with van der Waals surface area (Å²) in [5.41, 5.74) is 1.73. The number of ether oxygens (including phenoxy) is 1. The number of aryl methyl sites for hydroxylation is 1. The summed E-state index contributed by atoms with van der Waals surface area (Å²) in [6.07, 6.45) is -0.178. The highest BCUT2D eigenvalue weighted by Gasteiger charge is 2.15. The summed E-state index contributed by atoms with van der Waals surface area (Å²) in [6, 6.07) is 1.73. The van der Waals surface area contributed by atoms with Gasteiger partial charge in [-0.25, -0.2) is 0 Å². The Kier molecular flexibility index (Phi) is 3.19. The fourth-order valence-corrected chi connectivity index (χ4v) is 1.51. The van der Waals surface area contributed by atoms with E-state index in [9.17, 15) is 9.90 Å². The molecule has 4 heteroatoms. The van der Waals surface area contributed by atoms with Crippen LogP contribution in [-0.2, 0) is 11.2 Å². The first-order valence-electron chi connectivity index (χ1n) is 4.55. The van der Waals surface area contributed by atoms with E-state index in [0.29, 0.717) is 16.9 Å². The second-order valence-corrected chi connectivity index (χ2v) is 3.42.